The summed E-state index contributed by atoms with van der Waals surface area (Å²) in [5.41, 5.74) is 0.220. The van der Waals surface area contributed by atoms with E-state index in [1.54, 1.807) is 50.2 Å². The maximum atomic E-state index is 13.5. The van der Waals surface area contributed by atoms with Gasteiger partial charge < -0.3 is 10.2 Å². The van der Waals surface area contributed by atoms with Gasteiger partial charge >= 0.3 is 0 Å². The van der Waals surface area contributed by atoms with Crippen molar-refractivity contribution in [3.63, 3.8) is 0 Å². The lowest BCUT2D eigenvalue weighted by Gasteiger charge is -2.49. The van der Waals surface area contributed by atoms with E-state index in [0.29, 0.717) is 11.3 Å². The van der Waals surface area contributed by atoms with Crippen molar-refractivity contribution in [2.45, 2.75) is 38.4 Å². The molecule has 7 heteroatoms. The first-order valence-corrected chi connectivity index (χ1v) is 9.70. The third-order valence-corrected chi connectivity index (χ3v) is 5.77. The summed E-state index contributed by atoms with van der Waals surface area (Å²) < 4.78 is 13.2. The number of para-hydroxylation sites is 1. The second-order valence-corrected chi connectivity index (χ2v) is 7.36. The molecule has 4 rings (SSSR count). The van der Waals surface area contributed by atoms with Gasteiger partial charge in [0.15, 0.2) is 0 Å². The Morgan fingerprint density at radius 2 is 1.86 bits per heavy atom. The van der Waals surface area contributed by atoms with Crippen LogP contribution in [0.4, 0.5) is 10.1 Å². The van der Waals surface area contributed by atoms with Gasteiger partial charge in [0.1, 0.15) is 5.82 Å². The Bertz CT molecular complexity index is 991. The fourth-order valence-corrected chi connectivity index (χ4v) is 4.35. The summed E-state index contributed by atoms with van der Waals surface area (Å²) in [6.07, 6.45) is 0.401. The smallest absolute Gasteiger partial charge is 0.267 e. The lowest BCUT2D eigenvalue weighted by molar-refractivity contribution is -0.134. The number of nitrogens with zero attached hydrogens (tertiary/aromatic N) is 2. The fraction of sp³-hybridized carbons (Fsp3) is 0.318. The number of hydrogen-bond donors (Lipinski definition) is 1. The minimum atomic E-state index is -1.40. The Labute approximate surface area is 168 Å². The molecule has 2 aliphatic heterocycles. The van der Waals surface area contributed by atoms with E-state index in [4.69, 9.17) is 0 Å². The van der Waals surface area contributed by atoms with Gasteiger partial charge in [0.2, 0.25) is 11.6 Å². The van der Waals surface area contributed by atoms with E-state index in [2.05, 4.69) is 5.32 Å². The molecule has 1 fully saturated rings. The highest BCUT2D eigenvalue weighted by Crippen LogP contribution is 2.44. The van der Waals surface area contributed by atoms with Crippen LogP contribution in [0.3, 0.4) is 0 Å². The Morgan fingerprint density at radius 3 is 2.55 bits per heavy atom. The fourth-order valence-electron chi connectivity index (χ4n) is 4.35. The number of benzene rings is 2. The quantitative estimate of drug-likeness (QED) is 0.865. The predicted octanol–water partition coefficient (Wildman–Crippen LogP) is 3.00. The van der Waals surface area contributed by atoms with E-state index in [-0.39, 0.29) is 37.0 Å². The summed E-state index contributed by atoms with van der Waals surface area (Å²) in [6, 6.07) is 12.3. The van der Waals surface area contributed by atoms with Gasteiger partial charge in [0.05, 0.1) is 17.3 Å². The normalized spacial score (nSPS) is 21.6. The highest BCUT2D eigenvalue weighted by Gasteiger charge is 2.60. The van der Waals surface area contributed by atoms with Gasteiger partial charge in [-0.3, -0.25) is 19.3 Å². The van der Waals surface area contributed by atoms with Gasteiger partial charge in [0.25, 0.3) is 11.8 Å². The Balaban J connectivity index is 1.75. The number of rotatable bonds is 4. The maximum Gasteiger partial charge on any atom is 0.267 e. The zero-order valence-electron chi connectivity index (χ0n) is 16.3. The van der Waals surface area contributed by atoms with Crippen molar-refractivity contribution in [2.75, 3.05) is 11.4 Å². The summed E-state index contributed by atoms with van der Waals surface area (Å²) in [6.45, 7) is 3.87. The molecule has 0 bridgehead atoms. The number of amides is 3. The first-order chi connectivity index (χ1) is 13.9. The van der Waals surface area contributed by atoms with Gasteiger partial charge in [-0.15, -0.1) is 0 Å². The first-order valence-electron chi connectivity index (χ1n) is 9.70. The molecule has 6 nitrogen and oxygen atoms in total. The summed E-state index contributed by atoms with van der Waals surface area (Å²) in [7, 11) is 0. The molecule has 0 radical (unpaired) electrons. The van der Waals surface area contributed by atoms with Crippen LogP contribution in [0.15, 0.2) is 48.5 Å². The highest BCUT2D eigenvalue weighted by atomic mass is 19.1. The lowest BCUT2D eigenvalue weighted by Crippen LogP contribution is -2.70. The van der Waals surface area contributed by atoms with Crippen LogP contribution < -0.4 is 10.2 Å². The van der Waals surface area contributed by atoms with E-state index in [1.807, 2.05) is 0 Å². The average molecular weight is 395 g/mol. The van der Waals surface area contributed by atoms with Crippen molar-refractivity contribution in [3.05, 3.63) is 65.5 Å². The minimum Gasteiger partial charge on any atom is -0.346 e. The molecule has 29 heavy (non-hydrogen) atoms. The summed E-state index contributed by atoms with van der Waals surface area (Å²) >= 11 is 0. The highest BCUT2D eigenvalue weighted by molar-refractivity contribution is 6.16. The zero-order chi connectivity index (χ0) is 20.8. The SMILES string of the molecule is CCN1C(=O)c2ccccc2N2C(=O)CC[C@]12C(=O)N[C@H](C)c1ccc(F)cc1. The predicted molar refractivity (Wildman–Crippen MR) is 106 cm³/mol. The molecule has 2 aromatic rings. The van der Waals surface area contributed by atoms with Gasteiger partial charge in [0, 0.05) is 19.4 Å². The summed E-state index contributed by atoms with van der Waals surface area (Å²) in [4.78, 5) is 42.5. The van der Waals surface area contributed by atoms with Gasteiger partial charge in [-0.1, -0.05) is 24.3 Å². The number of nitrogens with one attached hydrogen (secondary N) is 1. The third kappa shape index (κ3) is 2.80. The molecule has 0 spiro atoms. The van der Waals surface area contributed by atoms with Crippen molar-refractivity contribution in [2.24, 2.45) is 0 Å². The van der Waals surface area contributed by atoms with Gasteiger partial charge in [-0.25, -0.2) is 4.39 Å². The summed E-state index contributed by atoms with van der Waals surface area (Å²) in [5.74, 6) is -1.22. The Morgan fingerprint density at radius 1 is 1.17 bits per heavy atom. The second-order valence-electron chi connectivity index (χ2n) is 7.36. The largest absolute Gasteiger partial charge is 0.346 e. The van der Waals surface area contributed by atoms with E-state index in [0.717, 1.165) is 5.56 Å². The third-order valence-electron chi connectivity index (χ3n) is 5.77. The molecule has 2 aliphatic rings. The number of hydrogen-bond acceptors (Lipinski definition) is 3. The number of anilines is 1. The molecule has 2 heterocycles. The number of fused-ring (bicyclic) bond motifs is 3. The molecule has 1 N–H and O–H groups in total. The van der Waals surface area contributed by atoms with Crippen molar-refractivity contribution in [1.29, 1.82) is 0 Å². The van der Waals surface area contributed by atoms with Crippen LogP contribution in [-0.4, -0.2) is 34.8 Å². The molecule has 1 saturated heterocycles. The van der Waals surface area contributed by atoms with E-state index in [9.17, 15) is 18.8 Å². The molecular weight excluding hydrogens is 373 g/mol. The molecule has 0 unspecified atom stereocenters. The van der Waals surface area contributed by atoms with Crippen LogP contribution in [0.2, 0.25) is 0 Å². The topological polar surface area (TPSA) is 69.7 Å². The molecule has 3 amide bonds. The molecule has 2 atom stereocenters. The molecule has 0 aromatic heterocycles. The van der Waals surface area contributed by atoms with Crippen molar-refractivity contribution < 1.29 is 18.8 Å². The monoisotopic (exact) mass is 395 g/mol. The standard InChI is InChI=1S/C22H22FN3O3/c1-3-25-20(28)17-6-4-5-7-18(17)26-19(27)12-13-22(25,26)21(29)24-14(2)15-8-10-16(23)11-9-15/h4-11,14H,3,12-13H2,1-2H3,(H,24,29)/t14-,22+/m1/s1. The van der Waals surface area contributed by atoms with Crippen molar-refractivity contribution >= 4 is 23.4 Å². The average Bonchev–Trinajstić information content (AvgIpc) is 3.07. The minimum absolute atomic E-state index is 0.177. The number of carbonyl (C=O) groups is 3. The van der Waals surface area contributed by atoms with Crippen LogP contribution in [0.5, 0.6) is 0 Å². The Hall–Kier alpha value is -3.22. The van der Waals surface area contributed by atoms with Crippen LogP contribution in [0, 0.1) is 5.82 Å². The van der Waals surface area contributed by atoms with E-state index < -0.39 is 17.6 Å². The Kier molecular flexibility index (Phi) is 4.61. The van der Waals surface area contributed by atoms with Crippen LogP contribution in [0.25, 0.3) is 0 Å². The second kappa shape index (κ2) is 6.99. The number of halogens is 1. The molecule has 0 aliphatic carbocycles. The lowest BCUT2D eigenvalue weighted by atomic mass is 9.95. The molecule has 2 aromatic carbocycles. The summed E-state index contributed by atoms with van der Waals surface area (Å²) in [5, 5.41) is 2.93. The molecule has 0 saturated carbocycles. The molecular formula is C22H22FN3O3. The number of carbonyl (C=O) groups excluding carboxylic acids is 3. The van der Waals surface area contributed by atoms with Gasteiger partial charge in [-0.05, 0) is 43.7 Å². The van der Waals surface area contributed by atoms with Crippen LogP contribution >= 0.6 is 0 Å². The van der Waals surface area contributed by atoms with E-state index >= 15 is 0 Å². The van der Waals surface area contributed by atoms with Crippen LogP contribution in [-0.2, 0) is 9.59 Å². The zero-order valence-corrected chi connectivity index (χ0v) is 16.3. The van der Waals surface area contributed by atoms with Crippen molar-refractivity contribution in [1.82, 2.24) is 10.2 Å². The van der Waals surface area contributed by atoms with Crippen LogP contribution in [0.1, 0.15) is 48.7 Å². The van der Waals surface area contributed by atoms with Gasteiger partial charge in [-0.2, -0.15) is 0 Å². The maximum absolute atomic E-state index is 13.5. The van der Waals surface area contributed by atoms with Crippen molar-refractivity contribution in [3.8, 4) is 0 Å². The molecule has 150 valence electrons. The number of likely N-dealkylation sites (N-methyl/N-ethyl adjacent to an activating group) is 1. The first kappa shape index (κ1) is 19.1. The van der Waals surface area contributed by atoms with E-state index in [1.165, 1.54) is 21.9 Å².